The molecule has 0 aromatic carbocycles. The van der Waals surface area contributed by atoms with Crippen molar-refractivity contribution in [2.45, 2.75) is 25.8 Å². The molecule has 2 N–H and O–H groups in total. The normalized spacial score (nSPS) is 21.4. The van der Waals surface area contributed by atoms with Crippen molar-refractivity contribution >= 4 is 24.4 Å². The zero-order valence-electron chi connectivity index (χ0n) is 10.1. The Morgan fingerprint density at radius 2 is 2.29 bits per heavy atom. The quantitative estimate of drug-likeness (QED) is 0.592. The van der Waals surface area contributed by atoms with E-state index in [2.05, 4.69) is 17.9 Å². The first kappa shape index (κ1) is 14.3. The lowest BCUT2D eigenvalue weighted by Crippen LogP contribution is -2.48. The molecule has 17 heavy (non-hydrogen) atoms. The number of rotatable bonds is 5. The highest BCUT2D eigenvalue weighted by Gasteiger charge is 2.30. The number of carbonyl (C=O) groups excluding carboxylic acids is 2. The summed E-state index contributed by atoms with van der Waals surface area (Å²) in [6, 6.07) is -0.538. The van der Waals surface area contributed by atoms with Gasteiger partial charge < -0.3 is 15.3 Å². The van der Waals surface area contributed by atoms with Crippen molar-refractivity contribution in [3.8, 4) is 0 Å². The summed E-state index contributed by atoms with van der Waals surface area (Å²) < 4.78 is 0. The Labute approximate surface area is 107 Å². The van der Waals surface area contributed by atoms with Crippen molar-refractivity contribution < 1.29 is 14.7 Å². The topological polar surface area (TPSA) is 69.6 Å². The minimum Gasteiger partial charge on any atom is -0.396 e. The molecule has 0 radical (unpaired) electrons. The maximum Gasteiger partial charge on any atom is 0.246 e. The van der Waals surface area contributed by atoms with E-state index in [9.17, 15) is 9.59 Å². The van der Waals surface area contributed by atoms with Crippen molar-refractivity contribution in [1.82, 2.24) is 10.2 Å². The van der Waals surface area contributed by atoms with E-state index in [1.165, 1.54) is 6.92 Å². The fourth-order valence-corrected chi connectivity index (χ4v) is 2.35. The van der Waals surface area contributed by atoms with Gasteiger partial charge in [-0.3, -0.25) is 9.59 Å². The number of amides is 2. The Morgan fingerprint density at radius 1 is 1.59 bits per heavy atom. The lowest BCUT2D eigenvalue weighted by molar-refractivity contribution is -0.134. The van der Waals surface area contributed by atoms with Gasteiger partial charge in [-0.15, -0.1) is 0 Å². The molecule has 98 valence electrons. The van der Waals surface area contributed by atoms with Crippen molar-refractivity contribution in [2.24, 2.45) is 5.92 Å². The second-order valence-corrected chi connectivity index (χ2v) is 4.75. The van der Waals surface area contributed by atoms with E-state index in [1.54, 1.807) is 4.90 Å². The summed E-state index contributed by atoms with van der Waals surface area (Å²) in [5.41, 5.74) is 0. The number of thiol groups is 1. The number of hydrogen-bond acceptors (Lipinski definition) is 4. The Morgan fingerprint density at radius 3 is 2.82 bits per heavy atom. The first-order valence-corrected chi connectivity index (χ1v) is 6.49. The number of aliphatic hydroxyl groups is 1. The van der Waals surface area contributed by atoms with Gasteiger partial charge in [-0.1, -0.05) is 0 Å². The largest absolute Gasteiger partial charge is 0.396 e. The van der Waals surface area contributed by atoms with Crippen LogP contribution in [0.4, 0.5) is 0 Å². The van der Waals surface area contributed by atoms with Gasteiger partial charge in [-0.05, 0) is 18.8 Å². The summed E-state index contributed by atoms with van der Waals surface area (Å²) in [5.74, 6) is 0.389. The van der Waals surface area contributed by atoms with Crippen LogP contribution in [0, 0.1) is 5.92 Å². The van der Waals surface area contributed by atoms with Crippen LogP contribution in [-0.2, 0) is 9.59 Å². The fourth-order valence-electron chi connectivity index (χ4n) is 2.10. The van der Waals surface area contributed by atoms with Crippen molar-refractivity contribution in [1.29, 1.82) is 0 Å². The number of nitrogens with zero attached hydrogens (tertiary/aromatic N) is 1. The predicted molar refractivity (Wildman–Crippen MR) is 67.8 cm³/mol. The van der Waals surface area contributed by atoms with E-state index in [1.807, 2.05) is 0 Å². The molecule has 1 heterocycles. The zero-order chi connectivity index (χ0) is 12.8. The highest BCUT2D eigenvalue weighted by atomic mass is 32.1. The average Bonchev–Trinajstić information content (AvgIpc) is 2.74. The van der Waals surface area contributed by atoms with Crippen LogP contribution >= 0.6 is 12.6 Å². The van der Waals surface area contributed by atoms with E-state index >= 15 is 0 Å². The van der Waals surface area contributed by atoms with Gasteiger partial charge in [0.05, 0.1) is 0 Å². The molecular formula is C11H20N2O3S. The molecule has 0 saturated carbocycles. The predicted octanol–water partition coefficient (Wildman–Crippen LogP) is -0.348. The standard InChI is InChI=1S/C11H20N2O3S/c1-8(15)12-10(7-17)11(16)13-4-2-9(6-13)3-5-14/h9-10,14,17H,2-7H2,1H3,(H,12,15). The molecular weight excluding hydrogens is 240 g/mol. The highest BCUT2D eigenvalue weighted by Crippen LogP contribution is 2.19. The molecule has 1 saturated heterocycles. The van der Waals surface area contributed by atoms with Crippen LogP contribution in [0.5, 0.6) is 0 Å². The van der Waals surface area contributed by atoms with Gasteiger partial charge in [0.15, 0.2) is 0 Å². The van der Waals surface area contributed by atoms with Gasteiger partial charge >= 0.3 is 0 Å². The van der Waals surface area contributed by atoms with E-state index in [-0.39, 0.29) is 18.4 Å². The molecule has 2 amide bonds. The molecule has 0 aromatic heterocycles. The maximum atomic E-state index is 12.1. The Balaban J connectivity index is 2.49. The number of carbonyl (C=O) groups is 2. The summed E-state index contributed by atoms with van der Waals surface area (Å²) in [6.07, 6.45) is 1.65. The molecule has 6 heteroatoms. The monoisotopic (exact) mass is 260 g/mol. The Kier molecular flexibility index (Phi) is 5.77. The van der Waals surface area contributed by atoms with E-state index < -0.39 is 6.04 Å². The van der Waals surface area contributed by atoms with E-state index in [0.717, 1.165) is 12.8 Å². The Hall–Kier alpha value is -0.750. The van der Waals surface area contributed by atoms with Crippen LogP contribution in [-0.4, -0.2) is 53.3 Å². The smallest absolute Gasteiger partial charge is 0.246 e. The second-order valence-electron chi connectivity index (χ2n) is 4.39. The van der Waals surface area contributed by atoms with Crippen LogP contribution in [0.1, 0.15) is 19.8 Å². The molecule has 2 unspecified atom stereocenters. The molecule has 0 spiro atoms. The number of aliphatic hydroxyl groups excluding tert-OH is 1. The zero-order valence-corrected chi connectivity index (χ0v) is 10.9. The molecule has 5 nitrogen and oxygen atoms in total. The first-order chi connectivity index (χ1) is 8.08. The van der Waals surface area contributed by atoms with Crippen LogP contribution in [0.2, 0.25) is 0 Å². The third-order valence-corrected chi connectivity index (χ3v) is 3.36. The van der Waals surface area contributed by atoms with Crippen molar-refractivity contribution in [2.75, 3.05) is 25.4 Å². The van der Waals surface area contributed by atoms with Crippen molar-refractivity contribution in [3.05, 3.63) is 0 Å². The van der Waals surface area contributed by atoms with Gasteiger partial charge in [-0.25, -0.2) is 0 Å². The first-order valence-electron chi connectivity index (χ1n) is 5.86. The summed E-state index contributed by atoms with van der Waals surface area (Å²) >= 11 is 4.08. The number of nitrogens with one attached hydrogen (secondary N) is 1. The summed E-state index contributed by atoms with van der Waals surface area (Å²) in [7, 11) is 0. The Bertz CT molecular complexity index is 286. The highest BCUT2D eigenvalue weighted by molar-refractivity contribution is 7.80. The molecule has 0 aromatic rings. The van der Waals surface area contributed by atoms with E-state index in [0.29, 0.717) is 24.8 Å². The van der Waals surface area contributed by atoms with Gasteiger partial charge in [0.2, 0.25) is 11.8 Å². The summed E-state index contributed by atoms with van der Waals surface area (Å²) in [4.78, 5) is 24.8. The van der Waals surface area contributed by atoms with Crippen LogP contribution in [0.25, 0.3) is 0 Å². The third kappa shape index (κ3) is 4.20. The second kappa shape index (κ2) is 6.86. The molecule has 1 rings (SSSR count). The molecule has 0 bridgehead atoms. The van der Waals surface area contributed by atoms with Gasteiger partial charge in [0, 0.05) is 32.4 Å². The SMILES string of the molecule is CC(=O)NC(CS)C(=O)N1CCC(CCO)C1. The molecule has 2 atom stereocenters. The molecule has 1 aliphatic rings. The molecule has 1 fully saturated rings. The van der Waals surface area contributed by atoms with Crippen molar-refractivity contribution in [3.63, 3.8) is 0 Å². The molecule has 1 aliphatic heterocycles. The maximum absolute atomic E-state index is 12.1. The number of likely N-dealkylation sites (tertiary alicyclic amines) is 1. The van der Waals surface area contributed by atoms with Gasteiger partial charge in [0.25, 0.3) is 0 Å². The average molecular weight is 260 g/mol. The van der Waals surface area contributed by atoms with Gasteiger partial charge in [-0.2, -0.15) is 12.6 Å². The minimum absolute atomic E-state index is 0.0735. The van der Waals surface area contributed by atoms with E-state index in [4.69, 9.17) is 5.11 Å². The molecule has 0 aliphatic carbocycles. The van der Waals surface area contributed by atoms with Gasteiger partial charge in [0.1, 0.15) is 6.04 Å². The van der Waals surface area contributed by atoms with Crippen LogP contribution in [0.15, 0.2) is 0 Å². The fraction of sp³-hybridized carbons (Fsp3) is 0.818. The third-order valence-electron chi connectivity index (χ3n) is 2.99. The lowest BCUT2D eigenvalue weighted by atomic mass is 10.1. The van der Waals surface area contributed by atoms with Crippen LogP contribution in [0.3, 0.4) is 0 Å². The minimum atomic E-state index is -0.538. The number of hydrogen-bond donors (Lipinski definition) is 3. The summed E-state index contributed by atoms with van der Waals surface area (Å²) in [6.45, 7) is 2.92. The lowest BCUT2D eigenvalue weighted by Gasteiger charge is -2.22. The van der Waals surface area contributed by atoms with Crippen LogP contribution < -0.4 is 5.32 Å². The summed E-state index contributed by atoms with van der Waals surface area (Å²) in [5, 5.41) is 11.5.